The molecule has 0 aromatic carbocycles. The third kappa shape index (κ3) is 4.70. The highest BCUT2D eigenvalue weighted by molar-refractivity contribution is 5.94. The Kier molecular flexibility index (Phi) is 5.99. The normalized spacial score (nSPS) is 17.2. The van der Waals surface area contributed by atoms with Gasteiger partial charge in [0.05, 0.1) is 12.6 Å². The van der Waals surface area contributed by atoms with Gasteiger partial charge in [-0.25, -0.2) is 4.98 Å². The second-order valence-corrected chi connectivity index (χ2v) is 5.52. The molecule has 0 saturated heterocycles. The first-order valence-corrected chi connectivity index (χ1v) is 7.77. The molecule has 0 aliphatic heterocycles. The minimum absolute atomic E-state index is 0.0568. The summed E-state index contributed by atoms with van der Waals surface area (Å²) in [6.07, 6.45) is 8.27. The molecule has 5 nitrogen and oxygen atoms in total. The summed E-state index contributed by atoms with van der Waals surface area (Å²) in [6, 6.07) is 3.12. The second-order valence-electron chi connectivity index (χ2n) is 5.52. The zero-order valence-corrected chi connectivity index (χ0v) is 12.5. The molecule has 2 N–H and O–H groups in total. The van der Waals surface area contributed by atoms with Crippen LogP contribution < -0.4 is 10.1 Å². The van der Waals surface area contributed by atoms with Crippen LogP contribution in [-0.4, -0.2) is 34.8 Å². The molecule has 0 spiro atoms. The maximum absolute atomic E-state index is 12.1. The number of pyridine rings is 1. The van der Waals surface area contributed by atoms with Crippen molar-refractivity contribution in [1.82, 2.24) is 10.3 Å². The fourth-order valence-electron chi connectivity index (χ4n) is 2.51. The van der Waals surface area contributed by atoms with Crippen molar-refractivity contribution < 1.29 is 14.6 Å². The Morgan fingerprint density at radius 3 is 2.90 bits per heavy atom. The summed E-state index contributed by atoms with van der Waals surface area (Å²) < 4.78 is 5.86. The van der Waals surface area contributed by atoms with Crippen LogP contribution in [0.2, 0.25) is 0 Å². The van der Waals surface area contributed by atoms with E-state index in [1.54, 1.807) is 18.3 Å². The number of ether oxygens (including phenoxy) is 1. The molecule has 1 aliphatic rings. The van der Waals surface area contributed by atoms with Crippen LogP contribution in [0.25, 0.3) is 0 Å². The number of hydrogen-bond donors (Lipinski definition) is 2. The molecule has 1 aromatic heterocycles. The lowest BCUT2D eigenvalue weighted by molar-refractivity contribution is 0.0913. The molecule has 116 valence electrons. The molecule has 2 rings (SSSR count). The van der Waals surface area contributed by atoms with Gasteiger partial charge in [0, 0.05) is 17.8 Å². The van der Waals surface area contributed by atoms with Crippen molar-refractivity contribution in [2.45, 2.75) is 57.6 Å². The Balaban J connectivity index is 1.97. The fourth-order valence-corrected chi connectivity index (χ4v) is 2.51. The van der Waals surface area contributed by atoms with Gasteiger partial charge >= 0.3 is 0 Å². The third-order valence-electron chi connectivity index (χ3n) is 3.89. The molecule has 5 heteroatoms. The van der Waals surface area contributed by atoms with Crippen LogP contribution in [0.15, 0.2) is 18.3 Å². The van der Waals surface area contributed by atoms with E-state index < -0.39 is 0 Å². The average molecular weight is 292 g/mol. The van der Waals surface area contributed by atoms with E-state index in [1.165, 1.54) is 19.3 Å². The summed E-state index contributed by atoms with van der Waals surface area (Å²) in [6.45, 7) is 1.87. The standard InChI is InChI=1S/C16H24N2O3/c1-2-13(11-19)18-16(20)12-8-9-17-15(10-12)21-14-6-4-3-5-7-14/h8-10,13-14,19H,2-7,11H2,1H3,(H,18,20). The van der Waals surface area contributed by atoms with Gasteiger partial charge in [-0.1, -0.05) is 13.3 Å². The highest BCUT2D eigenvalue weighted by Crippen LogP contribution is 2.22. The quantitative estimate of drug-likeness (QED) is 0.844. The predicted octanol–water partition coefficient (Wildman–Crippen LogP) is 2.29. The first-order chi connectivity index (χ1) is 10.2. The Bertz CT molecular complexity index is 455. The van der Waals surface area contributed by atoms with E-state index >= 15 is 0 Å². The summed E-state index contributed by atoms with van der Waals surface area (Å²) in [5.41, 5.74) is 0.516. The molecular formula is C16H24N2O3. The maximum atomic E-state index is 12.1. The number of nitrogens with one attached hydrogen (secondary N) is 1. The Morgan fingerprint density at radius 2 is 2.24 bits per heavy atom. The van der Waals surface area contributed by atoms with Crippen LogP contribution in [0.4, 0.5) is 0 Å². The van der Waals surface area contributed by atoms with E-state index in [2.05, 4.69) is 10.3 Å². The van der Waals surface area contributed by atoms with Crippen molar-refractivity contribution in [2.75, 3.05) is 6.61 Å². The lowest BCUT2D eigenvalue weighted by atomic mass is 9.98. The van der Waals surface area contributed by atoms with E-state index in [4.69, 9.17) is 9.84 Å². The lowest BCUT2D eigenvalue weighted by Crippen LogP contribution is -2.36. The van der Waals surface area contributed by atoms with E-state index in [1.807, 2.05) is 6.92 Å². The van der Waals surface area contributed by atoms with Crippen LogP contribution in [-0.2, 0) is 0 Å². The molecule has 1 heterocycles. The van der Waals surface area contributed by atoms with Crippen molar-refractivity contribution >= 4 is 5.91 Å². The van der Waals surface area contributed by atoms with Gasteiger partial charge in [-0.2, -0.15) is 0 Å². The van der Waals surface area contributed by atoms with Crippen LogP contribution >= 0.6 is 0 Å². The molecule has 1 atom stereocenters. The minimum atomic E-state index is -0.214. The van der Waals surface area contributed by atoms with Crippen LogP contribution in [0, 0.1) is 0 Å². The monoisotopic (exact) mass is 292 g/mol. The van der Waals surface area contributed by atoms with Gasteiger partial charge in [0.2, 0.25) is 5.88 Å². The number of carbonyl (C=O) groups excluding carboxylic acids is 1. The maximum Gasteiger partial charge on any atom is 0.251 e. The number of aromatic nitrogens is 1. The lowest BCUT2D eigenvalue weighted by Gasteiger charge is -2.22. The molecule has 1 saturated carbocycles. The average Bonchev–Trinajstić information content (AvgIpc) is 2.53. The summed E-state index contributed by atoms with van der Waals surface area (Å²) in [4.78, 5) is 16.3. The van der Waals surface area contributed by atoms with Gasteiger partial charge in [-0.05, 0) is 38.2 Å². The SMILES string of the molecule is CCC(CO)NC(=O)c1ccnc(OC2CCCCC2)c1. The van der Waals surface area contributed by atoms with Gasteiger partial charge in [-0.15, -0.1) is 0 Å². The van der Waals surface area contributed by atoms with Gasteiger partial charge in [0.25, 0.3) is 5.91 Å². The van der Waals surface area contributed by atoms with Gasteiger partial charge in [0.1, 0.15) is 6.10 Å². The molecular weight excluding hydrogens is 268 g/mol. The van der Waals surface area contributed by atoms with E-state index in [0.717, 1.165) is 12.8 Å². The number of nitrogens with zero attached hydrogens (tertiary/aromatic N) is 1. The van der Waals surface area contributed by atoms with Crippen molar-refractivity contribution in [3.05, 3.63) is 23.9 Å². The topological polar surface area (TPSA) is 71.5 Å². The zero-order valence-electron chi connectivity index (χ0n) is 12.5. The summed E-state index contributed by atoms with van der Waals surface area (Å²) in [5, 5.41) is 11.9. The van der Waals surface area contributed by atoms with Crippen molar-refractivity contribution in [3.8, 4) is 5.88 Å². The molecule has 1 fully saturated rings. The zero-order chi connectivity index (χ0) is 15.1. The number of amides is 1. The predicted molar refractivity (Wildman–Crippen MR) is 80.4 cm³/mol. The fraction of sp³-hybridized carbons (Fsp3) is 0.625. The van der Waals surface area contributed by atoms with Crippen molar-refractivity contribution in [1.29, 1.82) is 0 Å². The summed E-state index contributed by atoms with van der Waals surface area (Å²) in [7, 11) is 0. The molecule has 0 radical (unpaired) electrons. The molecule has 1 unspecified atom stereocenters. The highest BCUT2D eigenvalue weighted by Gasteiger charge is 2.17. The first kappa shape index (κ1) is 15.8. The number of rotatable bonds is 6. The molecule has 1 amide bonds. The third-order valence-corrected chi connectivity index (χ3v) is 3.89. The molecule has 1 aliphatic carbocycles. The molecule has 1 aromatic rings. The second kappa shape index (κ2) is 7.98. The Morgan fingerprint density at radius 1 is 1.48 bits per heavy atom. The van der Waals surface area contributed by atoms with Crippen molar-refractivity contribution in [2.24, 2.45) is 0 Å². The highest BCUT2D eigenvalue weighted by atomic mass is 16.5. The summed E-state index contributed by atoms with van der Waals surface area (Å²) >= 11 is 0. The first-order valence-electron chi connectivity index (χ1n) is 7.77. The van der Waals surface area contributed by atoms with E-state index in [-0.39, 0.29) is 24.7 Å². The number of hydrogen-bond acceptors (Lipinski definition) is 4. The van der Waals surface area contributed by atoms with E-state index in [9.17, 15) is 4.79 Å². The minimum Gasteiger partial charge on any atom is -0.474 e. The number of carbonyl (C=O) groups is 1. The Hall–Kier alpha value is -1.62. The summed E-state index contributed by atoms with van der Waals surface area (Å²) in [5.74, 6) is 0.304. The molecule has 21 heavy (non-hydrogen) atoms. The van der Waals surface area contributed by atoms with Crippen LogP contribution in [0.1, 0.15) is 55.8 Å². The number of aliphatic hydroxyl groups excluding tert-OH is 1. The molecule has 0 bridgehead atoms. The van der Waals surface area contributed by atoms with Gasteiger partial charge in [-0.3, -0.25) is 4.79 Å². The van der Waals surface area contributed by atoms with E-state index in [0.29, 0.717) is 17.9 Å². The largest absolute Gasteiger partial charge is 0.474 e. The number of aliphatic hydroxyl groups is 1. The Labute approximate surface area is 125 Å². The van der Waals surface area contributed by atoms with Crippen LogP contribution in [0.3, 0.4) is 0 Å². The van der Waals surface area contributed by atoms with Crippen LogP contribution in [0.5, 0.6) is 5.88 Å². The van der Waals surface area contributed by atoms with Gasteiger partial charge in [0.15, 0.2) is 0 Å². The van der Waals surface area contributed by atoms with Gasteiger partial charge < -0.3 is 15.2 Å². The van der Waals surface area contributed by atoms with Crippen molar-refractivity contribution in [3.63, 3.8) is 0 Å². The smallest absolute Gasteiger partial charge is 0.251 e.